The summed E-state index contributed by atoms with van der Waals surface area (Å²) in [7, 11) is 0. The zero-order valence-electron chi connectivity index (χ0n) is 12.2. The molecule has 3 N–H and O–H groups in total. The van der Waals surface area contributed by atoms with Gasteiger partial charge in [0.05, 0.1) is 6.20 Å². The number of carbonyl (C=O) groups is 2. The number of rotatable bonds is 4. The minimum absolute atomic E-state index is 0.149. The second-order valence-electron chi connectivity index (χ2n) is 4.61. The summed E-state index contributed by atoms with van der Waals surface area (Å²) >= 11 is 0. The molecule has 0 aliphatic carbocycles. The van der Waals surface area contributed by atoms with Crippen LogP contribution in [0.15, 0.2) is 36.5 Å². The van der Waals surface area contributed by atoms with E-state index >= 15 is 0 Å². The largest absolute Gasteiger partial charge is 0.447 e. The summed E-state index contributed by atoms with van der Waals surface area (Å²) in [4.78, 5) is 31.6. The van der Waals surface area contributed by atoms with Crippen molar-refractivity contribution in [1.29, 1.82) is 0 Å². The molecule has 1 aromatic heterocycles. The lowest BCUT2D eigenvalue weighted by atomic mass is 10.1. The lowest BCUT2D eigenvalue weighted by molar-refractivity contribution is -0.152. The summed E-state index contributed by atoms with van der Waals surface area (Å²) in [6.07, 6.45) is 0.338. The number of hydrogen-bond donors (Lipinski definition) is 2. The van der Waals surface area contributed by atoms with Gasteiger partial charge < -0.3 is 15.8 Å². The van der Waals surface area contributed by atoms with Gasteiger partial charge in [-0.25, -0.2) is 9.97 Å². The minimum atomic E-state index is -1.07. The van der Waals surface area contributed by atoms with Gasteiger partial charge in [-0.1, -0.05) is 30.3 Å². The van der Waals surface area contributed by atoms with Crippen LogP contribution in [-0.2, 0) is 14.3 Å². The lowest BCUT2D eigenvalue weighted by Crippen LogP contribution is -2.25. The lowest BCUT2D eigenvalue weighted by Gasteiger charge is -2.17. The zero-order valence-corrected chi connectivity index (χ0v) is 12.2. The topological polar surface area (TPSA) is 107 Å². The third kappa shape index (κ3) is 3.78. The number of nitrogens with two attached hydrogens (primary N) is 1. The maximum Gasteiger partial charge on any atom is 0.303 e. The number of aromatic nitrogens is 2. The van der Waals surface area contributed by atoms with Crippen molar-refractivity contribution in [2.45, 2.75) is 20.0 Å². The average Bonchev–Trinajstić information content (AvgIpc) is 2.48. The smallest absolute Gasteiger partial charge is 0.303 e. The Kier molecular flexibility index (Phi) is 4.67. The Balaban J connectivity index is 2.24. The van der Waals surface area contributed by atoms with E-state index in [1.54, 1.807) is 37.3 Å². The Bertz CT molecular complexity index is 688. The van der Waals surface area contributed by atoms with E-state index in [0.717, 1.165) is 0 Å². The summed E-state index contributed by atoms with van der Waals surface area (Å²) in [5.74, 6) is -0.441. The number of benzene rings is 1. The number of nitrogen functional groups attached to an aromatic ring is 1. The predicted octanol–water partition coefficient (Wildman–Crippen LogP) is 1.61. The van der Waals surface area contributed by atoms with Crippen molar-refractivity contribution in [3.63, 3.8) is 0 Å². The Hall–Kier alpha value is -2.96. The number of amides is 1. The third-order valence-electron chi connectivity index (χ3n) is 2.82. The fraction of sp³-hybridized carbons (Fsp3) is 0.200. The van der Waals surface area contributed by atoms with Crippen LogP contribution in [0.3, 0.4) is 0 Å². The molecule has 0 unspecified atom stereocenters. The van der Waals surface area contributed by atoms with Crippen LogP contribution < -0.4 is 11.1 Å². The molecule has 0 saturated heterocycles. The highest BCUT2D eigenvalue weighted by Gasteiger charge is 2.24. The third-order valence-corrected chi connectivity index (χ3v) is 2.82. The van der Waals surface area contributed by atoms with Gasteiger partial charge in [0.1, 0.15) is 11.5 Å². The molecule has 0 spiro atoms. The first-order valence-corrected chi connectivity index (χ1v) is 6.59. The highest BCUT2D eigenvalue weighted by atomic mass is 16.5. The van der Waals surface area contributed by atoms with Crippen LogP contribution in [0, 0.1) is 6.92 Å². The van der Waals surface area contributed by atoms with E-state index in [2.05, 4.69) is 15.3 Å². The molecular weight excluding hydrogens is 284 g/mol. The minimum Gasteiger partial charge on any atom is -0.447 e. The molecule has 0 aliphatic rings. The van der Waals surface area contributed by atoms with E-state index in [1.165, 1.54) is 13.1 Å². The van der Waals surface area contributed by atoms with Crippen LogP contribution in [-0.4, -0.2) is 21.8 Å². The van der Waals surface area contributed by atoms with Crippen molar-refractivity contribution >= 4 is 23.4 Å². The SMILES string of the molecule is CC(=O)O[C@H](C(=O)Nc1cnc(C)nc1N)c1ccccc1. The molecule has 1 aromatic carbocycles. The summed E-state index contributed by atoms with van der Waals surface area (Å²) in [6, 6.07) is 8.70. The molecule has 1 atom stereocenters. The normalized spacial score (nSPS) is 11.5. The Morgan fingerprint density at radius 2 is 1.95 bits per heavy atom. The molecule has 7 heteroatoms. The predicted molar refractivity (Wildman–Crippen MR) is 80.8 cm³/mol. The first kappa shape index (κ1) is 15.4. The van der Waals surface area contributed by atoms with Gasteiger partial charge in [0.15, 0.2) is 5.82 Å². The second-order valence-corrected chi connectivity index (χ2v) is 4.61. The fourth-order valence-corrected chi connectivity index (χ4v) is 1.85. The van der Waals surface area contributed by atoms with Crippen molar-refractivity contribution in [1.82, 2.24) is 9.97 Å². The van der Waals surface area contributed by atoms with E-state index < -0.39 is 18.0 Å². The van der Waals surface area contributed by atoms with E-state index in [4.69, 9.17) is 10.5 Å². The molecule has 0 bridgehead atoms. The number of aryl methyl sites for hydroxylation is 1. The van der Waals surface area contributed by atoms with Gasteiger partial charge in [0.25, 0.3) is 5.91 Å². The number of nitrogens with one attached hydrogen (secondary N) is 1. The van der Waals surface area contributed by atoms with Gasteiger partial charge in [-0.2, -0.15) is 0 Å². The molecule has 2 aromatic rings. The van der Waals surface area contributed by atoms with Crippen molar-refractivity contribution in [3.05, 3.63) is 47.9 Å². The molecule has 0 saturated carbocycles. The maximum absolute atomic E-state index is 12.4. The molecule has 0 aliphatic heterocycles. The quantitative estimate of drug-likeness (QED) is 0.831. The van der Waals surface area contributed by atoms with Crippen molar-refractivity contribution in [2.75, 3.05) is 11.1 Å². The number of ether oxygens (including phenoxy) is 1. The van der Waals surface area contributed by atoms with Crippen LogP contribution in [0.25, 0.3) is 0 Å². The number of esters is 1. The van der Waals surface area contributed by atoms with E-state index in [0.29, 0.717) is 11.4 Å². The van der Waals surface area contributed by atoms with Gasteiger partial charge in [0.2, 0.25) is 6.10 Å². The van der Waals surface area contributed by atoms with Crippen LogP contribution >= 0.6 is 0 Å². The molecule has 114 valence electrons. The standard InChI is InChI=1S/C15H16N4O3/c1-9-17-8-12(14(16)18-9)19-15(21)13(22-10(2)20)11-6-4-3-5-7-11/h3-8,13H,1-2H3,(H,19,21)(H2,16,17,18)/t13-/m0/s1. The number of carbonyl (C=O) groups excluding carboxylic acids is 2. The Morgan fingerprint density at radius 1 is 1.27 bits per heavy atom. The first-order chi connectivity index (χ1) is 10.5. The van der Waals surface area contributed by atoms with Crippen molar-refractivity contribution < 1.29 is 14.3 Å². The van der Waals surface area contributed by atoms with Crippen LogP contribution in [0.2, 0.25) is 0 Å². The van der Waals surface area contributed by atoms with Gasteiger partial charge in [0, 0.05) is 12.5 Å². The van der Waals surface area contributed by atoms with Gasteiger partial charge in [-0.15, -0.1) is 0 Å². The van der Waals surface area contributed by atoms with Gasteiger partial charge >= 0.3 is 5.97 Å². The molecule has 2 rings (SSSR count). The number of anilines is 2. The first-order valence-electron chi connectivity index (χ1n) is 6.59. The van der Waals surface area contributed by atoms with Crippen LogP contribution in [0.5, 0.6) is 0 Å². The monoisotopic (exact) mass is 300 g/mol. The molecule has 22 heavy (non-hydrogen) atoms. The summed E-state index contributed by atoms with van der Waals surface area (Å²) in [5, 5.41) is 2.58. The van der Waals surface area contributed by atoms with Gasteiger partial charge in [-0.05, 0) is 6.92 Å². The highest BCUT2D eigenvalue weighted by molar-refractivity contribution is 5.97. The Labute approximate surface area is 127 Å². The summed E-state index contributed by atoms with van der Waals surface area (Å²) < 4.78 is 5.10. The summed E-state index contributed by atoms with van der Waals surface area (Å²) in [5.41, 5.74) is 6.56. The van der Waals surface area contributed by atoms with E-state index in [1.807, 2.05) is 0 Å². The molecule has 0 fully saturated rings. The zero-order chi connectivity index (χ0) is 16.1. The molecule has 1 amide bonds. The number of nitrogens with zero attached hydrogens (tertiary/aromatic N) is 2. The van der Waals surface area contributed by atoms with Crippen molar-refractivity contribution in [3.8, 4) is 0 Å². The molecule has 0 radical (unpaired) electrons. The number of hydrogen-bond acceptors (Lipinski definition) is 6. The van der Waals surface area contributed by atoms with Gasteiger partial charge in [-0.3, -0.25) is 9.59 Å². The van der Waals surface area contributed by atoms with Crippen molar-refractivity contribution in [2.24, 2.45) is 0 Å². The maximum atomic E-state index is 12.4. The molecule has 1 heterocycles. The second kappa shape index (κ2) is 6.66. The fourth-order valence-electron chi connectivity index (χ4n) is 1.85. The van der Waals surface area contributed by atoms with Crippen LogP contribution in [0.1, 0.15) is 24.4 Å². The summed E-state index contributed by atoms with van der Waals surface area (Å²) in [6.45, 7) is 2.93. The van der Waals surface area contributed by atoms with E-state index in [-0.39, 0.29) is 11.5 Å². The molecular formula is C15H16N4O3. The van der Waals surface area contributed by atoms with E-state index in [9.17, 15) is 9.59 Å². The molecule has 7 nitrogen and oxygen atoms in total. The van der Waals surface area contributed by atoms with Crippen LogP contribution in [0.4, 0.5) is 11.5 Å². The average molecular weight is 300 g/mol. The highest BCUT2D eigenvalue weighted by Crippen LogP contribution is 2.21. The Morgan fingerprint density at radius 3 is 2.55 bits per heavy atom.